The van der Waals surface area contributed by atoms with Crippen molar-refractivity contribution in [1.82, 2.24) is 24.9 Å². The van der Waals surface area contributed by atoms with Crippen LogP contribution in [0.4, 0.5) is 16.3 Å². The number of anilines is 2. The minimum absolute atomic E-state index is 0.0690. The summed E-state index contributed by atoms with van der Waals surface area (Å²) in [4.78, 5) is 42.5. The number of rotatable bonds is 6. The SMILES string of the molecule is CCCN1CCN(CC(=O)Nc2cccc3c(N4CCC(=O)NC4=O)nn(C)c23)CC1. The Morgan fingerprint density at radius 1 is 1.13 bits per heavy atom. The van der Waals surface area contributed by atoms with Gasteiger partial charge < -0.3 is 10.2 Å². The highest BCUT2D eigenvalue weighted by molar-refractivity contribution is 6.11. The van der Waals surface area contributed by atoms with Gasteiger partial charge in [0.2, 0.25) is 11.8 Å². The molecular formula is C21H29N7O3. The number of aromatic nitrogens is 2. The Morgan fingerprint density at radius 3 is 2.58 bits per heavy atom. The molecule has 1 aromatic heterocycles. The minimum atomic E-state index is -0.479. The van der Waals surface area contributed by atoms with Crippen LogP contribution in [0, 0.1) is 0 Å². The number of carbonyl (C=O) groups excluding carboxylic acids is 3. The van der Waals surface area contributed by atoms with Gasteiger partial charge in [-0.1, -0.05) is 13.0 Å². The Balaban J connectivity index is 1.47. The molecule has 31 heavy (non-hydrogen) atoms. The van der Waals surface area contributed by atoms with Crippen LogP contribution in [-0.4, -0.2) is 83.2 Å². The van der Waals surface area contributed by atoms with Gasteiger partial charge in [-0.3, -0.25) is 29.4 Å². The van der Waals surface area contributed by atoms with Crippen molar-refractivity contribution in [3.8, 4) is 0 Å². The number of benzene rings is 1. The van der Waals surface area contributed by atoms with E-state index in [2.05, 4.69) is 32.5 Å². The zero-order valence-corrected chi connectivity index (χ0v) is 18.1. The molecule has 2 aliphatic rings. The lowest BCUT2D eigenvalue weighted by atomic mass is 10.2. The fraction of sp³-hybridized carbons (Fsp3) is 0.524. The van der Waals surface area contributed by atoms with Crippen LogP contribution in [0.3, 0.4) is 0 Å². The molecule has 0 atom stereocenters. The monoisotopic (exact) mass is 427 g/mol. The highest BCUT2D eigenvalue weighted by Crippen LogP contribution is 2.31. The minimum Gasteiger partial charge on any atom is -0.323 e. The summed E-state index contributed by atoms with van der Waals surface area (Å²) in [5.74, 6) is 0.121. The Morgan fingerprint density at radius 2 is 1.87 bits per heavy atom. The third-order valence-corrected chi connectivity index (χ3v) is 5.80. The van der Waals surface area contributed by atoms with Crippen molar-refractivity contribution in [2.75, 3.05) is 56.0 Å². The van der Waals surface area contributed by atoms with Crippen molar-refractivity contribution < 1.29 is 14.4 Å². The topological polar surface area (TPSA) is 103 Å². The van der Waals surface area contributed by atoms with Gasteiger partial charge in [-0.15, -0.1) is 0 Å². The van der Waals surface area contributed by atoms with Gasteiger partial charge in [-0.05, 0) is 25.1 Å². The highest BCUT2D eigenvalue weighted by atomic mass is 16.2. The van der Waals surface area contributed by atoms with Crippen molar-refractivity contribution >= 4 is 40.3 Å². The van der Waals surface area contributed by atoms with E-state index in [0.29, 0.717) is 18.1 Å². The summed E-state index contributed by atoms with van der Waals surface area (Å²) in [5.41, 5.74) is 1.39. The van der Waals surface area contributed by atoms with E-state index in [1.165, 1.54) is 4.90 Å². The van der Waals surface area contributed by atoms with Crippen LogP contribution in [-0.2, 0) is 16.6 Å². The van der Waals surface area contributed by atoms with E-state index in [1.54, 1.807) is 11.7 Å². The summed E-state index contributed by atoms with van der Waals surface area (Å²) >= 11 is 0. The van der Waals surface area contributed by atoms with E-state index in [0.717, 1.165) is 50.0 Å². The van der Waals surface area contributed by atoms with Gasteiger partial charge in [-0.2, -0.15) is 5.10 Å². The van der Waals surface area contributed by atoms with Gasteiger partial charge in [-0.25, -0.2) is 4.79 Å². The second-order valence-corrected chi connectivity index (χ2v) is 8.07. The highest BCUT2D eigenvalue weighted by Gasteiger charge is 2.28. The number of hydrogen-bond acceptors (Lipinski definition) is 6. The molecule has 2 N–H and O–H groups in total. The second-order valence-electron chi connectivity index (χ2n) is 8.07. The number of urea groups is 1. The molecule has 2 aromatic rings. The summed E-state index contributed by atoms with van der Waals surface area (Å²) in [7, 11) is 1.78. The van der Waals surface area contributed by atoms with E-state index in [4.69, 9.17) is 0 Å². The number of nitrogens with zero attached hydrogens (tertiary/aromatic N) is 5. The van der Waals surface area contributed by atoms with Crippen LogP contribution in [0.15, 0.2) is 18.2 Å². The number of fused-ring (bicyclic) bond motifs is 1. The van der Waals surface area contributed by atoms with E-state index in [-0.39, 0.29) is 24.8 Å². The summed E-state index contributed by atoms with van der Waals surface area (Å²) in [5, 5.41) is 10.6. The van der Waals surface area contributed by atoms with Gasteiger partial charge in [0.25, 0.3) is 0 Å². The number of nitrogens with one attached hydrogen (secondary N) is 2. The summed E-state index contributed by atoms with van der Waals surface area (Å²) in [6.07, 6.45) is 1.37. The molecule has 0 spiro atoms. The maximum absolute atomic E-state index is 12.7. The quantitative estimate of drug-likeness (QED) is 0.713. The maximum atomic E-state index is 12.7. The molecule has 0 saturated carbocycles. The molecule has 2 fully saturated rings. The van der Waals surface area contributed by atoms with Crippen LogP contribution < -0.4 is 15.5 Å². The van der Waals surface area contributed by atoms with E-state index in [9.17, 15) is 14.4 Å². The lowest BCUT2D eigenvalue weighted by molar-refractivity contribution is -0.120. The van der Waals surface area contributed by atoms with Gasteiger partial charge in [0.15, 0.2) is 5.82 Å². The third-order valence-electron chi connectivity index (χ3n) is 5.80. The van der Waals surface area contributed by atoms with Crippen LogP contribution in [0.25, 0.3) is 10.9 Å². The lowest BCUT2D eigenvalue weighted by Gasteiger charge is -2.34. The molecule has 10 nitrogen and oxygen atoms in total. The van der Waals surface area contributed by atoms with Gasteiger partial charge >= 0.3 is 6.03 Å². The number of aryl methyl sites for hydroxylation is 1. The van der Waals surface area contributed by atoms with Crippen LogP contribution >= 0.6 is 0 Å². The molecule has 0 radical (unpaired) electrons. The Labute approximate surface area is 181 Å². The number of carbonyl (C=O) groups is 3. The number of para-hydroxylation sites is 1. The number of hydrogen-bond donors (Lipinski definition) is 2. The van der Waals surface area contributed by atoms with Gasteiger partial charge in [0.1, 0.15) is 0 Å². The zero-order chi connectivity index (χ0) is 22.0. The number of piperazine rings is 1. The summed E-state index contributed by atoms with van der Waals surface area (Å²) < 4.78 is 1.66. The first-order valence-corrected chi connectivity index (χ1v) is 10.8. The maximum Gasteiger partial charge on any atom is 0.329 e. The molecule has 4 amide bonds. The van der Waals surface area contributed by atoms with Crippen molar-refractivity contribution in [2.24, 2.45) is 7.05 Å². The van der Waals surface area contributed by atoms with Crippen molar-refractivity contribution in [3.05, 3.63) is 18.2 Å². The van der Waals surface area contributed by atoms with E-state index >= 15 is 0 Å². The molecule has 2 aliphatic heterocycles. The standard InChI is InChI=1S/C21H29N7O3/c1-3-8-26-10-12-27(13-11-26)14-18(30)22-16-6-4-5-15-19(16)25(2)24-20(15)28-9-7-17(29)23-21(28)31/h4-6H,3,7-14H2,1-2H3,(H,22,30)(H,23,29,31). The average molecular weight is 428 g/mol. The summed E-state index contributed by atoms with van der Waals surface area (Å²) in [6.45, 7) is 7.65. The van der Waals surface area contributed by atoms with Crippen LogP contribution in [0.1, 0.15) is 19.8 Å². The first kappa shape index (κ1) is 21.3. The first-order valence-electron chi connectivity index (χ1n) is 10.8. The van der Waals surface area contributed by atoms with Crippen molar-refractivity contribution in [1.29, 1.82) is 0 Å². The molecule has 0 bridgehead atoms. The van der Waals surface area contributed by atoms with Crippen LogP contribution in [0.5, 0.6) is 0 Å². The van der Waals surface area contributed by atoms with E-state index < -0.39 is 6.03 Å². The molecule has 1 aromatic carbocycles. The molecule has 4 rings (SSSR count). The smallest absolute Gasteiger partial charge is 0.323 e. The summed E-state index contributed by atoms with van der Waals surface area (Å²) in [6, 6.07) is 5.06. The fourth-order valence-corrected chi connectivity index (χ4v) is 4.27. The molecular weight excluding hydrogens is 398 g/mol. The predicted molar refractivity (Wildman–Crippen MR) is 118 cm³/mol. The first-order chi connectivity index (χ1) is 15.0. The number of imide groups is 1. The normalized spacial score (nSPS) is 18.5. The predicted octanol–water partition coefficient (Wildman–Crippen LogP) is 0.986. The lowest BCUT2D eigenvalue weighted by Crippen LogP contribution is -2.49. The zero-order valence-electron chi connectivity index (χ0n) is 18.1. The molecule has 0 unspecified atom stereocenters. The second kappa shape index (κ2) is 9.03. The Hall–Kier alpha value is -2.98. The molecule has 10 heteroatoms. The van der Waals surface area contributed by atoms with Crippen molar-refractivity contribution in [2.45, 2.75) is 19.8 Å². The van der Waals surface area contributed by atoms with Crippen molar-refractivity contribution in [3.63, 3.8) is 0 Å². The fourth-order valence-electron chi connectivity index (χ4n) is 4.27. The van der Waals surface area contributed by atoms with Crippen LogP contribution in [0.2, 0.25) is 0 Å². The largest absolute Gasteiger partial charge is 0.329 e. The molecule has 2 saturated heterocycles. The van der Waals surface area contributed by atoms with Gasteiger partial charge in [0, 0.05) is 51.6 Å². The Kier molecular flexibility index (Phi) is 6.19. The molecule has 3 heterocycles. The van der Waals surface area contributed by atoms with Gasteiger partial charge in [0.05, 0.1) is 17.7 Å². The molecule has 166 valence electrons. The van der Waals surface area contributed by atoms with E-state index in [1.807, 2.05) is 18.2 Å². The Bertz CT molecular complexity index is 994. The number of amides is 4. The molecule has 0 aliphatic carbocycles. The third kappa shape index (κ3) is 4.54. The average Bonchev–Trinajstić information content (AvgIpc) is 3.07.